The second-order valence-corrected chi connectivity index (χ2v) is 8.10. The van der Waals surface area contributed by atoms with Crippen LogP contribution in [0.15, 0.2) is 0 Å². The van der Waals surface area contributed by atoms with E-state index in [2.05, 4.69) is 0 Å². The molecule has 0 aromatic heterocycles. The highest BCUT2D eigenvalue weighted by atomic mass is 16.7. The minimum absolute atomic E-state index is 0.159. The Labute approximate surface area is 148 Å². The van der Waals surface area contributed by atoms with Crippen LogP contribution >= 0.6 is 0 Å². The van der Waals surface area contributed by atoms with Crippen LogP contribution in [0.5, 0.6) is 0 Å². The highest BCUT2D eigenvalue weighted by Crippen LogP contribution is 2.32. The van der Waals surface area contributed by atoms with Crippen LogP contribution in [0.1, 0.15) is 47.0 Å². The summed E-state index contributed by atoms with van der Waals surface area (Å²) in [5.74, 6) is 0.170. The summed E-state index contributed by atoms with van der Waals surface area (Å²) in [5, 5.41) is 49.5. The van der Waals surface area contributed by atoms with E-state index in [-0.39, 0.29) is 18.4 Å². The summed E-state index contributed by atoms with van der Waals surface area (Å²) in [6.07, 6.45) is -6.77. The average molecular weight is 364 g/mol. The monoisotopic (exact) mass is 364 g/mol. The third-order valence-corrected chi connectivity index (χ3v) is 4.89. The van der Waals surface area contributed by atoms with Crippen molar-refractivity contribution in [2.75, 3.05) is 0 Å². The first-order chi connectivity index (χ1) is 11.5. The summed E-state index contributed by atoms with van der Waals surface area (Å²) in [5.41, 5.74) is -0.812. The van der Waals surface area contributed by atoms with Crippen molar-refractivity contribution in [3.63, 3.8) is 0 Å². The molecule has 0 bridgehead atoms. The predicted octanol–water partition coefficient (Wildman–Crippen LogP) is -0.506. The van der Waals surface area contributed by atoms with E-state index < -0.39 is 48.7 Å². The molecular formula is C17H32O8. The Morgan fingerprint density at radius 2 is 1.60 bits per heavy atom. The molecule has 8 atom stereocenters. The summed E-state index contributed by atoms with van der Waals surface area (Å²) in [6, 6.07) is 0. The predicted molar refractivity (Wildman–Crippen MR) is 87.4 cm³/mol. The van der Waals surface area contributed by atoms with Crippen LogP contribution in [0.25, 0.3) is 0 Å². The number of aliphatic hydroxyl groups excluding tert-OH is 5. The van der Waals surface area contributed by atoms with Gasteiger partial charge in [0.2, 0.25) is 0 Å². The molecule has 0 radical (unpaired) electrons. The van der Waals surface area contributed by atoms with Gasteiger partial charge in [-0.25, -0.2) is 0 Å². The van der Waals surface area contributed by atoms with Gasteiger partial charge in [-0.3, -0.25) is 0 Å². The molecule has 0 amide bonds. The molecule has 0 aliphatic carbocycles. The fraction of sp³-hybridized carbons (Fsp3) is 1.00. The Hall–Kier alpha value is -0.320. The first kappa shape index (κ1) is 21.0. The van der Waals surface area contributed by atoms with E-state index in [0.29, 0.717) is 12.8 Å². The van der Waals surface area contributed by atoms with Crippen molar-refractivity contribution in [2.45, 2.75) is 102 Å². The number of hydrogen-bond acceptors (Lipinski definition) is 8. The number of rotatable bonds is 5. The van der Waals surface area contributed by atoms with Gasteiger partial charge < -0.3 is 39.7 Å². The maximum Gasteiger partial charge on any atom is 0.184 e. The average Bonchev–Trinajstić information content (AvgIpc) is 2.47. The number of ether oxygens (including phenoxy) is 3. The van der Waals surface area contributed by atoms with Crippen molar-refractivity contribution in [3.05, 3.63) is 0 Å². The Morgan fingerprint density at radius 3 is 2.12 bits per heavy atom. The highest BCUT2D eigenvalue weighted by Gasteiger charge is 2.43. The van der Waals surface area contributed by atoms with E-state index in [0.717, 1.165) is 0 Å². The molecule has 0 aromatic carbocycles. The summed E-state index contributed by atoms with van der Waals surface area (Å²) < 4.78 is 16.7. The van der Waals surface area contributed by atoms with Crippen LogP contribution in [0.3, 0.4) is 0 Å². The molecule has 2 aliphatic rings. The molecule has 0 saturated carbocycles. The van der Waals surface area contributed by atoms with E-state index in [1.54, 1.807) is 13.8 Å². The van der Waals surface area contributed by atoms with Crippen molar-refractivity contribution < 1.29 is 39.7 Å². The second kappa shape index (κ2) is 8.14. The second-order valence-electron chi connectivity index (χ2n) is 8.10. The molecule has 0 spiro atoms. The van der Waals surface area contributed by atoms with Crippen LogP contribution in [0, 0.1) is 5.92 Å². The van der Waals surface area contributed by atoms with Crippen LogP contribution < -0.4 is 0 Å². The zero-order chi connectivity index (χ0) is 18.9. The fourth-order valence-electron chi connectivity index (χ4n) is 3.47. The third kappa shape index (κ3) is 5.33. The minimum atomic E-state index is -1.45. The number of hydrogen-bond donors (Lipinski definition) is 5. The van der Waals surface area contributed by atoms with Crippen molar-refractivity contribution >= 4 is 0 Å². The molecule has 148 valence electrons. The SMILES string of the molecule is CC(C)C1CC(O)C(OC(C)(C)CC2CC(O)C(O)C(O)O2)C(O)O1. The molecule has 2 saturated heterocycles. The van der Waals surface area contributed by atoms with Gasteiger partial charge in [-0.05, 0) is 19.8 Å². The van der Waals surface area contributed by atoms with Gasteiger partial charge >= 0.3 is 0 Å². The van der Waals surface area contributed by atoms with Gasteiger partial charge in [-0.2, -0.15) is 0 Å². The molecule has 8 nitrogen and oxygen atoms in total. The van der Waals surface area contributed by atoms with Crippen LogP contribution in [0.4, 0.5) is 0 Å². The van der Waals surface area contributed by atoms with Gasteiger partial charge in [-0.15, -0.1) is 0 Å². The van der Waals surface area contributed by atoms with Gasteiger partial charge in [0, 0.05) is 19.3 Å². The lowest BCUT2D eigenvalue weighted by Gasteiger charge is -2.43. The third-order valence-electron chi connectivity index (χ3n) is 4.89. The van der Waals surface area contributed by atoms with Gasteiger partial charge in [0.25, 0.3) is 0 Å². The zero-order valence-corrected chi connectivity index (χ0v) is 15.3. The molecule has 2 rings (SSSR count). The highest BCUT2D eigenvalue weighted by molar-refractivity contribution is 4.88. The topological polar surface area (TPSA) is 129 Å². The lowest BCUT2D eigenvalue weighted by Crippen LogP contribution is -2.54. The Bertz CT molecular complexity index is 405. The van der Waals surface area contributed by atoms with E-state index >= 15 is 0 Å². The zero-order valence-electron chi connectivity index (χ0n) is 15.3. The molecule has 0 aromatic rings. The molecule has 2 heterocycles. The molecular weight excluding hydrogens is 332 g/mol. The van der Waals surface area contributed by atoms with Crippen LogP contribution in [0.2, 0.25) is 0 Å². The normalized spacial score (nSPS) is 43.4. The Morgan fingerprint density at radius 1 is 0.960 bits per heavy atom. The molecule has 25 heavy (non-hydrogen) atoms. The molecule has 5 N–H and O–H groups in total. The summed E-state index contributed by atoms with van der Waals surface area (Å²) in [7, 11) is 0. The van der Waals surface area contributed by atoms with E-state index in [1.807, 2.05) is 13.8 Å². The summed E-state index contributed by atoms with van der Waals surface area (Å²) in [6.45, 7) is 7.46. The Balaban J connectivity index is 1.94. The lowest BCUT2D eigenvalue weighted by molar-refractivity contribution is -0.295. The van der Waals surface area contributed by atoms with Crippen LogP contribution in [-0.2, 0) is 14.2 Å². The van der Waals surface area contributed by atoms with Gasteiger partial charge in [-0.1, -0.05) is 13.8 Å². The van der Waals surface area contributed by atoms with Gasteiger partial charge in [0.1, 0.15) is 12.2 Å². The fourth-order valence-corrected chi connectivity index (χ4v) is 3.47. The van der Waals surface area contributed by atoms with Crippen molar-refractivity contribution in [1.82, 2.24) is 0 Å². The molecule has 8 unspecified atom stereocenters. The molecule has 2 fully saturated rings. The first-order valence-corrected chi connectivity index (χ1v) is 8.89. The quantitative estimate of drug-likeness (QED) is 0.441. The van der Waals surface area contributed by atoms with E-state index in [9.17, 15) is 25.5 Å². The van der Waals surface area contributed by atoms with E-state index in [4.69, 9.17) is 14.2 Å². The molecule has 8 heteroatoms. The summed E-state index contributed by atoms with van der Waals surface area (Å²) >= 11 is 0. The number of aliphatic hydroxyl groups is 5. The van der Waals surface area contributed by atoms with Crippen molar-refractivity contribution in [3.8, 4) is 0 Å². The summed E-state index contributed by atoms with van der Waals surface area (Å²) in [4.78, 5) is 0. The first-order valence-electron chi connectivity index (χ1n) is 8.89. The van der Waals surface area contributed by atoms with Gasteiger partial charge in [0.15, 0.2) is 12.6 Å². The maximum atomic E-state index is 10.3. The van der Waals surface area contributed by atoms with Crippen molar-refractivity contribution in [2.24, 2.45) is 5.92 Å². The molecule has 2 aliphatic heterocycles. The lowest BCUT2D eigenvalue weighted by atomic mass is 9.91. The van der Waals surface area contributed by atoms with Gasteiger partial charge in [0.05, 0.1) is 30.0 Å². The smallest absolute Gasteiger partial charge is 0.184 e. The standard InChI is InChI=1S/C17H32O8/c1-8(2)12-6-11(19)14(16(22)24-12)25-17(3,4)7-9-5-10(18)13(20)15(21)23-9/h8-16,18-22H,5-7H2,1-4H3. The minimum Gasteiger partial charge on any atom is -0.390 e. The Kier molecular flexibility index (Phi) is 6.83. The van der Waals surface area contributed by atoms with E-state index in [1.165, 1.54) is 0 Å². The van der Waals surface area contributed by atoms with Crippen LogP contribution in [-0.4, -0.2) is 80.3 Å². The largest absolute Gasteiger partial charge is 0.390 e. The maximum absolute atomic E-state index is 10.3. The van der Waals surface area contributed by atoms with Crippen molar-refractivity contribution in [1.29, 1.82) is 0 Å².